The maximum absolute atomic E-state index is 12.6. The van der Waals surface area contributed by atoms with Crippen molar-refractivity contribution in [3.05, 3.63) is 53.1 Å². The Balaban J connectivity index is 1.64. The van der Waals surface area contributed by atoms with Gasteiger partial charge < -0.3 is 19.5 Å². The van der Waals surface area contributed by atoms with Crippen molar-refractivity contribution in [2.75, 3.05) is 13.2 Å². The van der Waals surface area contributed by atoms with Crippen molar-refractivity contribution in [3.8, 4) is 17.2 Å². The third-order valence-corrected chi connectivity index (χ3v) is 4.43. The number of hydrogen-bond acceptors (Lipinski definition) is 4. The zero-order chi connectivity index (χ0) is 18.5. The van der Waals surface area contributed by atoms with E-state index in [-0.39, 0.29) is 11.9 Å². The summed E-state index contributed by atoms with van der Waals surface area (Å²) in [6.07, 6.45) is -0.0154. The summed E-state index contributed by atoms with van der Waals surface area (Å²) in [6, 6.07) is 12.5. The fraction of sp³-hybridized carbons (Fsp3) is 0.350. The molecule has 0 radical (unpaired) electrons. The van der Waals surface area contributed by atoms with Gasteiger partial charge in [-0.1, -0.05) is 24.6 Å². The van der Waals surface area contributed by atoms with Crippen LogP contribution in [-0.4, -0.2) is 25.2 Å². The van der Waals surface area contributed by atoms with Crippen LogP contribution in [0.5, 0.6) is 17.2 Å². The third kappa shape index (κ3) is 4.41. The monoisotopic (exact) mass is 375 g/mol. The molecule has 0 spiro atoms. The van der Waals surface area contributed by atoms with Crippen LogP contribution < -0.4 is 19.5 Å². The number of carbonyl (C=O) groups excluding carboxylic acids is 1. The smallest absolute Gasteiger partial charge is 0.261 e. The topological polar surface area (TPSA) is 56.8 Å². The summed E-state index contributed by atoms with van der Waals surface area (Å²) in [5, 5.41) is 3.63. The van der Waals surface area contributed by atoms with Crippen LogP contribution in [-0.2, 0) is 4.79 Å². The molecule has 0 aliphatic carbocycles. The highest BCUT2D eigenvalue weighted by atomic mass is 35.5. The number of rotatable bonds is 6. The van der Waals surface area contributed by atoms with Crippen LogP contribution in [0.3, 0.4) is 0 Å². The number of amides is 1. The fourth-order valence-corrected chi connectivity index (χ4v) is 2.84. The Morgan fingerprint density at radius 2 is 1.85 bits per heavy atom. The maximum Gasteiger partial charge on any atom is 0.261 e. The van der Waals surface area contributed by atoms with Crippen molar-refractivity contribution in [2.24, 2.45) is 0 Å². The standard InChI is InChI=1S/C20H22ClNO4/c1-3-17(26-16-7-5-15(21)6-8-16)20(23)22-13(2)14-4-9-18-19(12-14)25-11-10-24-18/h4-9,12-13,17H,3,10-11H2,1-2H3,(H,22,23)/t13-,17+/m0/s1. The second-order valence-corrected chi connectivity index (χ2v) is 6.54. The number of halogens is 1. The molecule has 26 heavy (non-hydrogen) atoms. The molecule has 6 heteroatoms. The van der Waals surface area contributed by atoms with E-state index in [9.17, 15) is 4.79 Å². The lowest BCUT2D eigenvalue weighted by Gasteiger charge is -2.23. The van der Waals surface area contributed by atoms with Gasteiger partial charge in [-0.05, 0) is 55.3 Å². The van der Waals surface area contributed by atoms with Gasteiger partial charge in [0.15, 0.2) is 17.6 Å². The number of ether oxygens (including phenoxy) is 3. The van der Waals surface area contributed by atoms with E-state index < -0.39 is 6.10 Å². The van der Waals surface area contributed by atoms with E-state index in [1.165, 1.54) is 0 Å². The minimum atomic E-state index is -0.573. The van der Waals surface area contributed by atoms with Crippen molar-refractivity contribution in [1.29, 1.82) is 0 Å². The molecule has 0 bridgehead atoms. The summed E-state index contributed by atoms with van der Waals surface area (Å²) < 4.78 is 16.9. The molecule has 2 aromatic rings. The van der Waals surface area contributed by atoms with Gasteiger partial charge in [-0.25, -0.2) is 0 Å². The molecular weight excluding hydrogens is 354 g/mol. The third-order valence-electron chi connectivity index (χ3n) is 4.18. The van der Waals surface area contributed by atoms with Gasteiger partial charge in [-0.2, -0.15) is 0 Å². The van der Waals surface area contributed by atoms with Crippen LogP contribution in [0.15, 0.2) is 42.5 Å². The molecular formula is C20H22ClNO4. The predicted molar refractivity (Wildman–Crippen MR) is 100 cm³/mol. The summed E-state index contributed by atoms with van der Waals surface area (Å²) in [7, 11) is 0. The molecule has 1 aliphatic rings. The Labute approximate surface area is 158 Å². The molecule has 5 nitrogen and oxygen atoms in total. The minimum Gasteiger partial charge on any atom is -0.486 e. The molecule has 1 N–H and O–H groups in total. The summed E-state index contributed by atoms with van der Waals surface area (Å²) in [5.41, 5.74) is 0.948. The van der Waals surface area contributed by atoms with E-state index in [1.54, 1.807) is 24.3 Å². The summed E-state index contributed by atoms with van der Waals surface area (Å²) >= 11 is 5.88. The molecule has 0 unspecified atom stereocenters. The molecule has 0 aromatic heterocycles. The van der Waals surface area contributed by atoms with Crippen LogP contribution in [0.1, 0.15) is 31.9 Å². The maximum atomic E-state index is 12.6. The van der Waals surface area contributed by atoms with Gasteiger partial charge in [0, 0.05) is 5.02 Å². The number of nitrogens with one attached hydrogen (secondary N) is 1. The quantitative estimate of drug-likeness (QED) is 0.824. The van der Waals surface area contributed by atoms with Gasteiger partial charge in [-0.15, -0.1) is 0 Å². The Bertz CT molecular complexity index is 763. The first-order valence-electron chi connectivity index (χ1n) is 8.69. The first kappa shape index (κ1) is 18.4. The molecule has 1 heterocycles. The van der Waals surface area contributed by atoms with Crippen molar-refractivity contribution in [2.45, 2.75) is 32.4 Å². The summed E-state index contributed by atoms with van der Waals surface area (Å²) in [6.45, 7) is 4.93. The highest BCUT2D eigenvalue weighted by Crippen LogP contribution is 2.32. The highest BCUT2D eigenvalue weighted by molar-refractivity contribution is 6.30. The average molecular weight is 376 g/mol. The van der Waals surface area contributed by atoms with Gasteiger partial charge in [0.05, 0.1) is 6.04 Å². The molecule has 0 fully saturated rings. The molecule has 2 atom stereocenters. The first-order chi connectivity index (χ1) is 12.6. The number of benzene rings is 2. The molecule has 1 aliphatic heterocycles. The van der Waals surface area contributed by atoms with Crippen molar-refractivity contribution >= 4 is 17.5 Å². The zero-order valence-electron chi connectivity index (χ0n) is 14.8. The molecule has 1 amide bonds. The lowest BCUT2D eigenvalue weighted by Crippen LogP contribution is -2.39. The molecule has 138 valence electrons. The number of fused-ring (bicyclic) bond motifs is 1. The average Bonchev–Trinajstić information content (AvgIpc) is 2.67. The Kier molecular flexibility index (Phi) is 5.89. The molecule has 0 saturated carbocycles. The number of hydrogen-bond donors (Lipinski definition) is 1. The Hall–Kier alpha value is -2.40. The van der Waals surface area contributed by atoms with E-state index in [4.69, 9.17) is 25.8 Å². The SMILES string of the molecule is CC[C@@H](Oc1ccc(Cl)cc1)C(=O)N[C@@H](C)c1ccc2c(c1)OCCO2. The largest absolute Gasteiger partial charge is 0.486 e. The van der Waals surface area contributed by atoms with Crippen LogP contribution in [0.2, 0.25) is 5.02 Å². The van der Waals surface area contributed by atoms with Gasteiger partial charge in [-0.3, -0.25) is 4.79 Å². The lowest BCUT2D eigenvalue weighted by molar-refractivity contribution is -0.128. The Morgan fingerprint density at radius 3 is 2.54 bits per heavy atom. The van der Waals surface area contributed by atoms with Crippen LogP contribution in [0.4, 0.5) is 0 Å². The lowest BCUT2D eigenvalue weighted by atomic mass is 10.1. The van der Waals surface area contributed by atoms with Gasteiger partial charge in [0.1, 0.15) is 19.0 Å². The zero-order valence-corrected chi connectivity index (χ0v) is 15.6. The fourth-order valence-electron chi connectivity index (χ4n) is 2.72. The molecule has 2 aromatic carbocycles. The van der Waals surface area contributed by atoms with Crippen LogP contribution in [0, 0.1) is 0 Å². The van der Waals surface area contributed by atoms with Crippen molar-refractivity contribution in [1.82, 2.24) is 5.32 Å². The summed E-state index contributed by atoms with van der Waals surface area (Å²) in [5.74, 6) is 1.89. The predicted octanol–water partition coefficient (Wildman–Crippen LogP) is 4.15. The summed E-state index contributed by atoms with van der Waals surface area (Å²) in [4.78, 5) is 12.6. The van der Waals surface area contributed by atoms with Crippen molar-refractivity contribution in [3.63, 3.8) is 0 Å². The van der Waals surface area contributed by atoms with E-state index in [2.05, 4.69) is 5.32 Å². The molecule has 0 saturated heterocycles. The second-order valence-electron chi connectivity index (χ2n) is 6.10. The van der Waals surface area contributed by atoms with E-state index >= 15 is 0 Å². The normalized spacial score (nSPS) is 15.0. The van der Waals surface area contributed by atoms with Crippen LogP contribution in [0.25, 0.3) is 0 Å². The number of carbonyl (C=O) groups is 1. The molecule has 3 rings (SSSR count). The van der Waals surface area contributed by atoms with Crippen molar-refractivity contribution < 1.29 is 19.0 Å². The van der Waals surface area contributed by atoms with Gasteiger partial charge in [0.25, 0.3) is 5.91 Å². The van der Waals surface area contributed by atoms with E-state index in [1.807, 2.05) is 32.0 Å². The van der Waals surface area contributed by atoms with Crippen LogP contribution >= 0.6 is 11.6 Å². The minimum absolute atomic E-state index is 0.162. The van der Waals surface area contributed by atoms with Gasteiger partial charge >= 0.3 is 0 Å². The Morgan fingerprint density at radius 1 is 1.15 bits per heavy atom. The highest BCUT2D eigenvalue weighted by Gasteiger charge is 2.22. The van der Waals surface area contributed by atoms with E-state index in [0.717, 1.165) is 11.3 Å². The van der Waals surface area contributed by atoms with E-state index in [0.29, 0.717) is 36.2 Å². The first-order valence-corrected chi connectivity index (χ1v) is 9.06. The second kappa shape index (κ2) is 8.32. The van der Waals surface area contributed by atoms with Gasteiger partial charge in [0.2, 0.25) is 0 Å².